The first-order chi connectivity index (χ1) is 12.5. The number of rotatable bonds is 8. The van der Waals surface area contributed by atoms with Gasteiger partial charge in [0.15, 0.2) is 5.96 Å². The number of benzene rings is 1. The highest BCUT2D eigenvalue weighted by atomic mass is 32.1. The first-order valence-electron chi connectivity index (χ1n) is 9.13. The molecule has 0 aliphatic rings. The average Bonchev–Trinajstić information content (AvgIpc) is 2.97. The molecule has 0 amide bonds. The number of aliphatic imine (C=N–C) groups is 1. The zero-order valence-electron chi connectivity index (χ0n) is 16.4. The summed E-state index contributed by atoms with van der Waals surface area (Å²) in [6.45, 7) is 10.8. The number of ether oxygens (including phenoxy) is 1. The lowest BCUT2D eigenvalue weighted by molar-refractivity contribution is 0.407. The molecule has 5 nitrogen and oxygen atoms in total. The van der Waals surface area contributed by atoms with Gasteiger partial charge in [-0.05, 0) is 32.4 Å². The maximum absolute atomic E-state index is 5.46. The lowest BCUT2D eigenvalue weighted by Gasteiger charge is -2.15. The van der Waals surface area contributed by atoms with Crippen molar-refractivity contribution in [3.63, 3.8) is 0 Å². The summed E-state index contributed by atoms with van der Waals surface area (Å²) in [5.41, 5.74) is 2.32. The largest absolute Gasteiger partial charge is 0.496 e. The van der Waals surface area contributed by atoms with Gasteiger partial charge in [0.1, 0.15) is 5.75 Å². The minimum atomic E-state index is 0.283. The van der Waals surface area contributed by atoms with Crippen LogP contribution in [0.25, 0.3) is 0 Å². The van der Waals surface area contributed by atoms with Crippen molar-refractivity contribution in [2.24, 2.45) is 4.99 Å². The summed E-state index contributed by atoms with van der Waals surface area (Å²) in [5.74, 6) is 2.05. The number of para-hydroxylation sites is 1. The number of hydrogen-bond acceptors (Lipinski definition) is 4. The predicted molar refractivity (Wildman–Crippen MR) is 111 cm³/mol. The lowest BCUT2D eigenvalue weighted by Crippen LogP contribution is -2.38. The number of aryl methyl sites for hydroxylation is 2. The van der Waals surface area contributed by atoms with Gasteiger partial charge in [0, 0.05) is 36.9 Å². The van der Waals surface area contributed by atoms with E-state index in [4.69, 9.17) is 9.73 Å². The molecule has 1 aromatic carbocycles. The van der Waals surface area contributed by atoms with Gasteiger partial charge in [-0.25, -0.2) is 4.98 Å². The van der Waals surface area contributed by atoms with Crippen molar-refractivity contribution < 1.29 is 4.74 Å². The minimum absolute atomic E-state index is 0.283. The van der Waals surface area contributed by atoms with Gasteiger partial charge in [-0.15, -0.1) is 11.3 Å². The van der Waals surface area contributed by atoms with E-state index in [0.29, 0.717) is 6.54 Å². The fourth-order valence-electron chi connectivity index (χ4n) is 2.68. The zero-order valence-corrected chi connectivity index (χ0v) is 17.2. The molecule has 26 heavy (non-hydrogen) atoms. The van der Waals surface area contributed by atoms with E-state index in [-0.39, 0.29) is 5.92 Å². The molecule has 0 bridgehead atoms. The molecule has 1 heterocycles. The van der Waals surface area contributed by atoms with E-state index in [1.165, 1.54) is 15.4 Å². The van der Waals surface area contributed by atoms with Crippen LogP contribution >= 0.6 is 11.3 Å². The monoisotopic (exact) mass is 374 g/mol. The summed E-state index contributed by atoms with van der Waals surface area (Å²) < 4.78 is 5.46. The Morgan fingerprint density at radius 1 is 1.27 bits per heavy atom. The van der Waals surface area contributed by atoms with Crippen LogP contribution in [0.5, 0.6) is 5.75 Å². The normalized spacial score (nSPS) is 12.7. The van der Waals surface area contributed by atoms with E-state index in [0.717, 1.165) is 36.9 Å². The quantitative estimate of drug-likeness (QED) is 0.547. The van der Waals surface area contributed by atoms with Crippen LogP contribution in [0.1, 0.15) is 40.9 Å². The maximum Gasteiger partial charge on any atom is 0.191 e. The Morgan fingerprint density at radius 3 is 2.69 bits per heavy atom. The van der Waals surface area contributed by atoms with E-state index in [2.05, 4.69) is 49.4 Å². The highest BCUT2D eigenvalue weighted by Crippen LogP contribution is 2.26. The first kappa shape index (κ1) is 20.2. The van der Waals surface area contributed by atoms with Crippen LogP contribution in [0.15, 0.2) is 29.3 Å². The van der Waals surface area contributed by atoms with Gasteiger partial charge < -0.3 is 15.4 Å². The molecule has 2 N–H and O–H groups in total. The molecule has 0 saturated carbocycles. The number of guanidine groups is 1. The smallest absolute Gasteiger partial charge is 0.191 e. The van der Waals surface area contributed by atoms with Crippen LogP contribution in [0, 0.1) is 13.8 Å². The Labute approximate surface area is 160 Å². The number of thiazole rings is 1. The molecular weight excluding hydrogens is 344 g/mol. The van der Waals surface area contributed by atoms with E-state index < -0.39 is 0 Å². The highest BCUT2D eigenvalue weighted by Gasteiger charge is 2.11. The van der Waals surface area contributed by atoms with Crippen LogP contribution in [-0.2, 0) is 6.42 Å². The zero-order chi connectivity index (χ0) is 18.9. The second-order valence-electron chi connectivity index (χ2n) is 6.29. The Kier molecular flexibility index (Phi) is 7.91. The SMILES string of the molecule is CCNC(=NCC(C)c1ccccc1OC)NCCc1nc(C)c(C)s1. The third kappa shape index (κ3) is 5.73. The second-order valence-corrected chi connectivity index (χ2v) is 7.58. The summed E-state index contributed by atoms with van der Waals surface area (Å²) in [4.78, 5) is 10.6. The molecule has 0 aliphatic heterocycles. The molecular formula is C20H30N4OS. The highest BCUT2D eigenvalue weighted by molar-refractivity contribution is 7.11. The average molecular weight is 375 g/mol. The molecule has 2 rings (SSSR count). The van der Waals surface area contributed by atoms with E-state index in [9.17, 15) is 0 Å². The van der Waals surface area contributed by atoms with Gasteiger partial charge in [0.25, 0.3) is 0 Å². The molecule has 142 valence electrons. The fraction of sp³-hybridized carbons (Fsp3) is 0.500. The number of aromatic nitrogens is 1. The Bertz CT molecular complexity index is 707. The van der Waals surface area contributed by atoms with E-state index in [1.807, 2.05) is 18.2 Å². The van der Waals surface area contributed by atoms with Gasteiger partial charge in [0.2, 0.25) is 0 Å². The van der Waals surface area contributed by atoms with E-state index >= 15 is 0 Å². The van der Waals surface area contributed by atoms with Crippen LogP contribution < -0.4 is 15.4 Å². The second kappa shape index (κ2) is 10.2. The van der Waals surface area contributed by atoms with Crippen molar-refractivity contribution >= 4 is 17.3 Å². The molecule has 0 aliphatic carbocycles. The van der Waals surface area contributed by atoms with Crippen LogP contribution in [0.3, 0.4) is 0 Å². The van der Waals surface area contributed by atoms with Crippen LogP contribution in [0.4, 0.5) is 0 Å². The van der Waals surface area contributed by atoms with Gasteiger partial charge in [-0.2, -0.15) is 0 Å². The summed E-state index contributed by atoms with van der Waals surface area (Å²) in [6.07, 6.45) is 0.909. The van der Waals surface area contributed by atoms with Crippen LogP contribution in [-0.4, -0.2) is 37.7 Å². The van der Waals surface area contributed by atoms with Crippen molar-refractivity contribution in [1.82, 2.24) is 15.6 Å². The van der Waals surface area contributed by atoms with Crippen molar-refractivity contribution in [1.29, 1.82) is 0 Å². The fourth-order valence-corrected chi connectivity index (χ4v) is 3.61. The first-order valence-corrected chi connectivity index (χ1v) is 9.94. The summed E-state index contributed by atoms with van der Waals surface area (Å²) in [6, 6.07) is 8.13. The number of methoxy groups -OCH3 is 1. The minimum Gasteiger partial charge on any atom is -0.496 e. The molecule has 0 spiro atoms. The lowest BCUT2D eigenvalue weighted by atomic mass is 10.0. The van der Waals surface area contributed by atoms with Gasteiger partial charge in [-0.3, -0.25) is 4.99 Å². The summed E-state index contributed by atoms with van der Waals surface area (Å²) >= 11 is 1.77. The third-order valence-electron chi connectivity index (χ3n) is 4.24. The molecule has 0 fully saturated rings. The third-order valence-corrected chi connectivity index (χ3v) is 5.37. The van der Waals surface area contributed by atoms with Crippen LogP contribution in [0.2, 0.25) is 0 Å². The van der Waals surface area contributed by atoms with Gasteiger partial charge in [-0.1, -0.05) is 25.1 Å². The van der Waals surface area contributed by atoms with Crippen molar-refractivity contribution in [2.75, 3.05) is 26.7 Å². The topological polar surface area (TPSA) is 58.5 Å². The Morgan fingerprint density at radius 2 is 2.04 bits per heavy atom. The molecule has 2 aromatic rings. The summed E-state index contributed by atoms with van der Waals surface area (Å²) in [5, 5.41) is 7.89. The number of hydrogen-bond donors (Lipinski definition) is 2. The molecule has 0 radical (unpaired) electrons. The van der Waals surface area contributed by atoms with E-state index in [1.54, 1.807) is 18.4 Å². The van der Waals surface area contributed by atoms with Crippen molar-refractivity contribution in [2.45, 2.75) is 40.0 Å². The van der Waals surface area contributed by atoms with Gasteiger partial charge in [0.05, 0.1) is 17.8 Å². The van der Waals surface area contributed by atoms with Crippen molar-refractivity contribution in [3.8, 4) is 5.75 Å². The molecule has 6 heteroatoms. The molecule has 0 saturated heterocycles. The standard InChI is InChI=1S/C20H30N4OS/c1-6-21-20(22-12-11-19-24-15(3)16(4)26-19)23-13-14(2)17-9-7-8-10-18(17)25-5/h7-10,14H,6,11-13H2,1-5H3,(H2,21,22,23). The number of nitrogens with zero attached hydrogens (tertiary/aromatic N) is 2. The van der Waals surface area contributed by atoms with Crippen molar-refractivity contribution in [3.05, 3.63) is 45.4 Å². The molecule has 1 unspecified atom stereocenters. The summed E-state index contributed by atoms with van der Waals surface area (Å²) in [7, 11) is 1.71. The Hall–Kier alpha value is -2.08. The molecule has 1 atom stereocenters. The predicted octanol–water partition coefficient (Wildman–Crippen LogP) is 3.67. The maximum atomic E-state index is 5.46. The Balaban J connectivity index is 1.92. The number of nitrogens with one attached hydrogen (secondary N) is 2. The molecule has 1 aromatic heterocycles. The van der Waals surface area contributed by atoms with Gasteiger partial charge >= 0.3 is 0 Å².